The lowest BCUT2D eigenvalue weighted by Gasteiger charge is -2.45. The molecule has 0 aliphatic carbocycles. The summed E-state index contributed by atoms with van der Waals surface area (Å²) in [6.07, 6.45) is 1.26. The number of sulfonamides is 1. The summed E-state index contributed by atoms with van der Waals surface area (Å²) in [6, 6.07) is 6.16. The Morgan fingerprint density at radius 1 is 1.17 bits per heavy atom. The number of likely N-dealkylation sites (tertiary alicyclic amines) is 1. The van der Waals surface area contributed by atoms with Gasteiger partial charge in [0.2, 0.25) is 10.0 Å². The number of carbonyl (C=O) groups excluding carboxylic acids is 1. The average molecular weight is 439 g/mol. The van der Waals surface area contributed by atoms with Gasteiger partial charge in [0.15, 0.2) is 0 Å². The number of urea groups is 1. The second kappa shape index (κ2) is 9.66. The monoisotopic (exact) mass is 438 g/mol. The van der Waals surface area contributed by atoms with Crippen LogP contribution in [0.2, 0.25) is 0 Å². The minimum Gasteiger partial charge on any atom is -0.336 e. The molecule has 1 saturated heterocycles. The van der Waals surface area contributed by atoms with Crippen molar-refractivity contribution >= 4 is 16.1 Å². The van der Waals surface area contributed by atoms with Crippen molar-refractivity contribution in [3.63, 3.8) is 0 Å². The standard InChI is InChI=1S/C22H38N4O3S/c1-16-12-17(2)14-26(13-16)22(4,5)15-23-21(27)24-18(3)19-8-10-20(11-9-19)30(28,29)25(6)7/h8-11,16-18H,12-15H2,1-7H3,(H2,23,24,27)/t16-,17-,18+/m1/s1. The maximum Gasteiger partial charge on any atom is 0.315 e. The molecule has 0 aromatic heterocycles. The maximum atomic E-state index is 12.5. The van der Waals surface area contributed by atoms with Crippen molar-refractivity contribution in [2.45, 2.75) is 57.5 Å². The summed E-state index contributed by atoms with van der Waals surface area (Å²) in [5, 5.41) is 5.95. The number of piperidine rings is 1. The Kier molecular flexibility index (Phi) is 7.93. The first-order valence-electron chi connectivity index (χ1n) is 10.6. The summed E-state index contributed by atoms with van der Waals surface area (Å²) in [4.78, 5) is 15.2. The van der Waals surface area contributed by atoms with Gasteiger partial charge in [0.25, 0.3) is 0 Å². The Balaban J connectivity index is 1.91. The molecule has 1 aromatic carbocycles. The van der Waals surface area contributed by atoms with Crippen molar-refractivity contribution in [3.8, 4) is 0 Å². The number of nitrogens with one attached hydrogen (secondary N) is 2. The van der Waals surface area contributed by atoms with Crippen LogP contribution in [0.25, 0.3) is 0 Å². The molecule has 30 heavy (non-hydrogen) atoms. The van der Waals surface area contributed by atoms with E-state index in [1.165, 1.54) is 24.8 Å². The molecule has 0 bridgehead atoms. The summed E-state index contributed by atoms with van der Waals surface area (Å²) in [6.45, 7) is 13.5. The van der Waals surface area contributed by atoms with Gasteiger partial charge in [0.1, 0.15) is 0 Å². The molecule has 1 aromatic rings. The third-order valence-corrected chi connectivity index (χ3v) is 7.74. The van der Waals surface area contributed by atoms with Gasteiger partial charge in [-0.3, -0.25) is 4.90 Å². The van der Waals surface area contributed by atoms with Crippen LogP contribution in [0.5, 0.6) is 0 Å². The summed E-state index contributed by atoms with van der Waals surface area (Å²) in [5.74, 6) is 1.34. The van der Waals surface area contributed by atoms with E-state index in [9.17, 15) is 13.2 Å². The SMILES string of the molecule is C[C@@H]1C[C@@H](C)CN(C(C)(C)CNC(=O)N[C@@H](C)c2ccc(S(=O)(=O)N(C)C)cc2)C1. The first kappa shape index (κ1) is 24.6. The third-order valence-electron chi connectivity index (χ3n) is 5.91. The Morgan fingerprint density at radius 2 is 1.70 bits per heavy atom. The largest absolute Gasteiger partial charge is 0.336 e. The summed E-state index contributed by atoms with van der Waals surface area (Å²) >= 11 is 0. The number of amides is 2. The van der Waals surface area contributed by atoms with Gasteiger partial charge < -0.3 is 10.6 Å². The van der Waals surface area contributed by atoms with E-state index < -0.39 is 10.0 Å². The smallest absolute Gasteiger partial charge is 0.315 e. The maximum absolute atomic E-state index is 12.5. The van der Waals surface area contributed by atoms with Crippen LogP contribution in [0, 0.1) is 11.8 Å². The first-order chi connectivity index (χ1) is 13.8. The molecule has 1 aliphatic rings. The minimum atomic E-state index is -3.46. The van der Waals surface area contributed by atoms with Gasteiger partial charge in [0.05, 0.1) is 10.9 Å². The first-order valence-corrected chi connectivity index (χ1v) is 12.1. The number of benzene rings is 1. The lowest BCUT2D eigenvalue weighted by atomic mass is 9.88. The van der Waals surface area contributed by atoms with Crippen LogP contribution in [0.1, 0.15) is 52.6 Å². The van der Waals surface area contributed by atoms with Crippen molar-refractivity contribution in [3.05, 3.63) is 29.8 Å². The second-order valence-corrected chi connectivity index (χ2v) is 11.7. The molecule has 1 fully saturated rings. The second-order valence-electron chi connectivity index (χ2n) is 9.57. The predicted molar refractivity (Wildman–Crippen MR) is 121 cm³/mol. The number of carbonyl (C=O) groups is 1. The van der Waals surface area contributed by atoms with Crippen LogP contribution in [0.4, 0.5) is 4.79 Å². The van der Waals surface area contributed by atoms with Crippen LogP contribution in [-0.4, -0.2) is 62.9 Å². The van der Waals surface area contributed by atoms with E-state index in [0.29, 0.717) is 18.4 Å². The topological polar surface area (TPSA) is 81.8 Å². The predicted octanol–water partition coefficient (Wildman–Crippen LogP) is 3.05. The van der Waals surface area contributed by atoms with E-state index in [4.69, 9.17) is 0 Å². The third kappa shape index (κ3) is 6.18. The molecule has 3 atom stereocenters. The van der Waals surface area contributed by atoms with E-state index in [1.807, 2.05) is 6.92 Å². The Morgan fingerprint density at radius 3 is 2.20 bits per heavy atom. The van der Waals surface area contributed by atoms with Gasteiger partial charge in [-0.15, -0.1) is 0 Å². The van der Waals surface area contributed by atoms with Crippen LogP contribution >= 0.6 is 0 Å². The van der Waals surface area contributed by atoms with Crippen LogP contribution in [0.3, 0.4) is 0 Å². The molecule has 2 amide bonds. The van der Waals surface area contributed by atoms with Gasteiger partial charge >= 0.3 is 6.03 Å². The van der Waals surface area contributed by atoms with Gasteiger partial charge in [-0.1, -0.05) is 26.0 Å². The molecule has 2 rings (SSSR count). The highest BCUT2D eigenvalue weighted by Gasteiger charge is 2.33. The van der Waals surface area contributed by atoms with Gasteiger partial charge in [-0.05, 0) is 56.7 Å². The fraction of sp³-hybridized carbons (Fsp3) is 0.682. The molecule has 1 heterocycles. The van der Waals surface area contributed by atoms with E-state index in [1.54, 1.807) is 24.3 Å². The zero-order valence-electron chi connectivity index (χ0n) is 19.4. The molecule has 1 aliphatic heterocycles. The van der Waals surface area contributed by atoms with Crippen molar-refractivity contribution in [1.82, 2.24) is 19.8 Å². The summed E-state index contributed by atoms with van der Waals surface area (Å²) in [7, 11) is -0.448. The fourth-order valence-electron chi connectivity index (χ4n) is 4.04. The fourth-order valence-corrected chi connectivity index (χ4v) is 4.94. The number of hydrogen-bond acceptors (Lipinski definition) is 4. The molecule has 0 radical (unpaired) electrons. The average Bonchev–Trinajstić information content (AvgIpc) is 2.65. The van der Waals surface area contributed by atoms with Crippen molar-refractivity contribution < 1.29 is 13.2 Å². The minimum absolute atomic E-state index is 0.119. The van der Waals surface area contributed by atoms with Gasteiger partial charge in [-0.2, -0.15) is 0 Å². The van der Waals surface area contributed by atoms with Crippen molar-refractivity contribution in [2.75, 3.05) is 33.7 Å². The zero-order valence-corrected chi connectivity index (χ0v) is 20.2. The molecule has 8 heteroatoms. The normalized spacial score (nSPS) is 22.0. The van der Waals surface area contributed by atoms with Crippen molar-refractivity contribution in [1.29, 1.82) is 0 Å². The molecule has 0 unspecified atom stereocenters. The highest BCUT2D eigenvalue weighted by molar-refractivity contribution is 7.89. The summed E-state index contributed by atoms with van der Waals surface area (Å²) in [5.41, 5.74) is 0.729. The number of hydrogen-bond donors (Lipinski definition) is 2. The van der Waals surface area contributed by atoms with E-state index in [0.717, 1.165) is 18.7 Å². The highest BCUT2D eigenvalue weighted by atomic mass is 32.2. The van der Waals surface area contributed by atoms with Gasteiger partial charge in [0, 0.05) is 39.3 Å². The molecule has 170 valence electrons. The molecule has 0 spiro atoms. The van der Waals surface area contributed by atoms with E-state index >= 15 is 0 Å². The van der Waals surface area contributed by atoms with E-state index in [-0.39, 0.29) is 22.5 Å². The molecule has 0 saturated carbocycles. The lowest BCUT2D eigenvalue weighted by Crippen LogP contribution is -2.57. The molecule has 2 N–H and O–H groups in total. The Labute approximate surface area is 182 Å². The zero-order chi connectivity index (χ0) is 22.7. The highest BCUT2D eigenvalue weighted by Crippen LogP contribution is 2.27. The van der Waals surface area contributed by atoms with Crippen LogP contribution in [-0.2, 0) is 10.0 Å². The molecule has 7 nitrogen and oxygen atoms in total. The van der Waals surface area contributed by atoms with Crippen LogP contribution < -0.4 is 10.6 Å². The molecular weight excluding hydrogens is 400 g/mol. The van der Waals surface area contributed by atoms with Crippen molar-refractivity contribution in [2.24, 2.45) is 11.8 Å². The van der Waals surface area contributed by atoms with Gasteiger partial charge in [-0.25, -0.2) is 17.5 Å². The van der Waals surface area contributed by atoms with E-state index in [2.05, 4.69) is 43.2 Å². The quantitative estimate of drug-likeness (QED) is 0.686. The van der Waals surface area contributed by atoms with Crippen LogP contribution in [0.15, 0.2) is 29.2 Å². The Hall–Kier alpha value is -1.64. The Bertz CT molecular complexity index is 811. The lowest BCUT2D eigenvalue weighted by molar-refractivity contribution is 0.0472. The molecular formula is C22H38N4O3S. The number of rotatable bonds is 7. The summed E-state index contributed by atoms with van der Waals surface area (Å²) < 4.78 is 25.5. The number of nitrogens with zero attached hydrogens (tertiary/aromatic N) is 2.